The number of carbonyl (C=O) groups is 1. The number of primary amides is 1. The fraction of sp³-hybridized carbons (Fsp3) is 0.545. The second-order valence-corrected chi connectivity index (χ2v) is 5.93. The Labute approximate surface area is 108 Å². The number of piperidine rings is 1. The van der Waals surface area contributed by atoms with Crippen molar-refractivity contribution in [2.45, 2.75) is 31.8 Å². The zero-order valence-electron chi connectivity index (χ0n) is 8.99. The lowest BCUT2D eigenvalue weighted by Gasteiger charge is -2.33. The Bertz CT molecular complexity index is 380. The molecule has 1 aromatic rings. The van der Waals surface area contributed by atoms with Gasteiger partial charge in [-0.3, -0.25) is 9.69 Å². The van der Waals surface area contributed by atoms with Gasteiger partial charge in [0.1, 0.15) is 0 Å². The van der Waals surface area contributed by atoms with Gasteiger partial charge in [0.15, 0.2) is 0 Å². The summed E-state index contributed by atoms with van der Waals surface area (Å²) in [5.41, 5.74) is 5.44. The quantitative estimate of drug-likeness (QED) is 0.931. The molecule has 0 spiro atoms. The van der Waals surface area contributed by atoms with Gasteiger partial charge in [0.2, 0.25) is 5.91 Å². The number of hydrogen-bond acceptors (Lipinski definition) is 3. The molecule has 3 nitrogen and oxygen atoms in total. The van der Waals surface area contributed by atoms with Gasteiger partial charge in [-0.05, 0) is 46.8 Å². The number of nitrogens with zero attached hydrogens (tertiary/aromatic N) is 1. The largest absolute Gasteiger partial charge is 0.368 e. The molecule has 0 bridgehead atoms. The molecule has 2 N–H and O–H groups in total. The predicted molar refractivity (Wildman–Crippen MR) is 69.3 cm³/mol. The number of thiophene rings is 1. The first-order valence-electron chi connectivity index (χ1n) is 5.43. The zero-order valence-corrected chi connectivity index (χ0v) is 11.4. The Kier molecular flexibility index (Phi) is 4.00. The van der Waals surface area contributed by atoms with E-state index in [9.17, 15) is 4.79 Å². The van der Waals surface area contributed by atoms with E-state index in [2.05, 4.69) is 26.2 Å². The number of amides is 1. The van der Waals surface area contributed by atoms with E-state index in [0.29, 0.717) is 0 Å². The SMILES string of the molecule is NC(=O)C1CCCCN1Cc1sccc1Br. The lowest BCUT2D eigenvalue weighted by molar-refractivity contribution is -0.124. The van der Waals surface area contributed by atoms with E-state index in [1.807, 2.05) is 6.07 Å². The van der Waals surface area contributed by atoms with Crippen molar-refractivity contribution in [1.82, 2.24) is 4.90 Å². The van der Waals surface area contributed by atoms with Gasteiger partial charge in [0.25, 0.3) is 0 Å². The second-order valence-electron chi connectivity index (χ2n) is 4.08. The van der Waals surface area contributed by atoms with E-state index >= 15 is 0 Å². The Morgan fingerprint density at radius 1 is 1.62 bits per heavy atom. The molecule has 1 aliphatic rings. The third-order valence-electron chi connectivity index (χ3n) is 2.98. The summed E-state index contributed by atoms with van der Waals surface area (Å²) in [6, 6.07) is 1.96. The highest BCUT2D eigenvalue weighted by Crippen LogP contribution is 2.27. The number of hydrogen-bond donors (Lipinski definition) is 1. The van der Waals surface area contributed by atoms with Gasteiger partial charge in [0, 0.05) is 15.9 Å². The topological polar surface area (TPSA) is 46.3 Å². The van der Waals surface area contributed by atoms with Crippen molar-refractivity contribution in [2.75, 3.05) is 6.54 Å². The average molecular weight is 303 g/mol. The molecule has 0 saturated carbocycles. The van der Waals surface area contributed by atoms with Crippen LogP contribution in [0.4, 0.5) is 0 Å². The van der Waals surface area contributed by atoms with Crippen molar-refractivity contribution < 1.29 is 4.79 Å². The van der Waals surface area contributed by atoms with Gasteiger partial charge in [-0.15, -0.1) is 11.3 Å². The van der Waals surface area contributed by atoms with E-state index in [4.69, 9.17) is 5.73 Å². The predicted octanol–water partition coefficient (Wildman–Crippen LogP) is 2.35. The monoisotopic (exact) mass is 302 g/mol. The van der Waals surface area contributed by atoms with Crippen LogP contribution in [0, 0.1) is 0 Å². The third-order valence-corrected chi connectivity index (χ3v) is 4.89. The van der Waals surface area contributed by atoms with Crippen molar-refractivity contribution in [2.24, 2.45) is 5.73 Å². The molecule has 1 aromatic heterocycles. The van der Waals surface area contributed by atoms with Gasteiger partial charge < -0.3 is 5.73 Å². The van der Waals surface area contributed by atoms with Gasteiger partial charge in [-0.1, -0.05) is 6.42 Å². The third kappa shape index (κ3) is 2.64. The molecule has 0 radical (unpaired) electrons. The van der Waals surface area contributed by atoms with Gasteiger partial charge in [0.05, 0.1) is 6.04 Å². The van der Waals surface area contributed by atoms with Crippen molar-refractivity contribution in [3.8, 4) is 0 Å². The summed E-state index contributed by atoms with van der Waals surface area (Å²) >= 11 is 5.23. The Balaban J connectivity index is 2.07. The molecule has 1 fully saturated rings. The molecular formula is C11H15BrN2OS. The molecule has 5 heteroatoms. The average Bonchev–Trinajstić information content (AvgIpc) is 2.65. The van der Waals surface area contributed by atoms with Gasteiger partial charge in [-0.25, -0.2) is 0 Å². The molecule has 1 unspecified atom stereocenters. The number of rotatable bonds is 3. The highest BCUT2D eigenvalue weighted by molar-refractivity contribution is 9.10. The number of nitrogens with two attached hydrogens (primary N) is 1. The molecule has 0 aliphatic carbocycles. The lowest BCUT2D eigenvalue weighted by Crippen LogP contribution is -2.47. The van der Waals surface area contributed by atoms with Crippen LogP contribution in [-0.4, -0.2) is 23.4 Å². The highest BCUT2D eigenvalue weighted by Gasteiger charge is 2.27. The standard InChI is InChI=1S/C11H15BrN2OS/c12-8-4-6-16-10(8)7-14-5-2-1-3-9(14)11(13)15/h4,6,9H,1-3,5,7H2,(H2,13,15). The van der Waals surface area contributed by atoms with Crippen LogP contribution in [-0.2, 0) is 11.3 Å². The minimum atomic E-state index is -0.188. The number of likely N-dealkylation sites (tertiary alicyclic amines) is 1. The Morgan fingerprint density at radius 3 is 3.06 bits per heavy atom. The number of halogens is 1. The summed E-state index contributed by atoms with van der Waals surface area (Å²) in [7, 11) is 0. The number of carbonyl (C=O) groups excluding carboxylic acids is 1. The van der Waals surface area contributed by atoms with Crippen molar-refractivity contribution in [1.29, 1.82) is 0 Å². The summed E-state index contributed by atoms with van der Waals surface area (Å²) in [5, 5.41) is 2.06. The molecule has 1 amide bonds. The minimum Gasteiger partial charge on any atom is -0.368 e. The van der Waals surface area contributed by atoms with Crippen LogP contribution in [0.5, 0.6) is 0 Å². The minimum absolute atomic E-state index is 0.0808. The summed E-state index contributed by atoms with van der Waals surface area (Å²) in [6.45, 7) is 1.80. The van der Waals surface area contributed by atoms with Gasteiger partial charge in [-0.2, -0.15) is 0 Å². The van der Waals surface area contributed by atoms with Crippen LogP contribution in [0.25, 0.3) is 0 Å². The highest BCUT2D eigenvalue weighted by atomic mass is 79.9. The van der Waals surface area contributed by atoms with Crippen LogP contribution in [0.1, 0.15) is 24.1 Å². The van der Waals surface area contributed by atoms with Crippen LogP contribution in [0.2, 0.25) is 0 Å². The van der Waals surface area contributed by atoms with E-state index in [1.165, 1.54) is 4.88 Å². The van der Waals surface area contributed by atoms with E-state index in [0.717, 1.165) is 36.8 Å². The maximum Gasteiger partial charge on any atom is 0.234 e. The van der Waals surface area contributed by atoms with Crippen LogP contribution >= 0.6 is 27.3 Å². The smallest absolute Gasteiger partial charge is 0.234 e. The Hall–Kier alpha value is -0.390. The first kappa shape index (κ1) is 12.1. The fourth-order valence-corrected chi connectivity index (χ4v) is 3.63. The molecule has 88 valence electrons. The summed E-state index contributed by atoms with van der Waals surface area (Å²) in [5.74, 6) is -0.188. The maximum atomic E-state index is 11.4. The summed E-state index contributed by atoms with van der Waals surface area (Å²) in [4.78, 5) is 14.8. The molecule has 2 heterocycles. The molecule has 1 atom stereocenters. The fourth-order valence-electron chi connectivity index (χ4n) is 2.12. The maximum absolute atomic E-state index is 11.4. The van der Waals surface area contributed by atoms with E-state index in [-0.39, 0.29) is 11.9 Å². The summed E-state index contributed by atoms with van der Waals surface area (Å²) in [6.07, 6.45) is 3.17. The zero-order chi connectivity index (χ0) is 11.5. The van der Waals surface area contributed by atoms with Gasteiger partial charge >= 0.3 is 0 Å². The molecular weight excluding hydrogens is 288 g/mol. The van der Waals surface area contributed by atoms with E-state index in [1.54, 1.807) is 11.3 Å². The second kappa shape index (κ2) is 5.29. The van der Waals surface area contributed by atoms with Crippen molar-refractivity contribution in [3.63, 3.8) is 0 Å². The first-order chi connectivity index (χ1) is 7.68. The van der Waals surface area contributed by atoms with Crippen molar-refractivity contribution in [3.05, 3.63) is 20.8 Å². The molecule has 1 saturated heterocycles. The molecule has 1 aliphatic heterocycles. The molecule has 16 heavy (non-hydrogen) atoms. The summed E-state index contributed by atoms with van der Waals surface area (Å²) < 4.78 is 1.13. The molecule has 2 rings (SSSR count). The lowest BCUT2D eigenvalue weighted by atomic mass is 10.0. The van der Waals surface area contributed by atoms with E-state index < -0.39 is 0 Å². The molecule has 0 aromatic carbocycles. The Morgan fingerprint density at radius 2 is 2.44 bits per heavy atom. The van der Waals surface area contributed by atoms with Crippen molar-refractivity contribution >= 4 is 33.2 Å². The van der Waals surface area contributed by atoms with Crippen LogP contribution < -0.4 is 5.73 Å². The normalized spacial score (nSPS) is 22.2. The van der Waals surface area contributed by atoms with Crippen LogP contribution in [0.15, 0.2) is 15.9 Å². The van der Waals surface area contributed by atoms with Crippen LogP contribution in [0.3, 0.4) is 0 Å². The first-order valence-corrected chi connectivity index (χ1v) is 7.11.